The minimum absolute atomic E-state index is 0.0731. The lowest BCUT2D eigenvalue weighted by Crippen LogP contribution is -2.26. The summed E-state index contributed by atoms with van der Waals surface area (Å²) >= 11 is 0. The first-order valence-electron chi connectivity index (χ1n) is 7.15. The van der Waals surface area contributed by atoms with Gasteiger partial charge in [-0.3, -0.25) is 9.59 Å². The van der Waals surface area contributed by atoms with Crippen molar-refractivity contribution in [3.63, 3.8) is 0 Å². The van der Waals surface area contributed by atoms with Gasteiger partial charge in [0.15, 0.2) is 5.69 Å². The number of imidazole rings is 1. The van der Waals surface area contributed by atoms with Crippen LogP contribution in [0.3, 0.4) is 0 Å². The van der Waals surface area contributed by atoms with Crippen molar-refractivity contribution in [2.24, 2.45) is 7.05 Å². The molecule has 25 heavy (non-hydrogen) atoms. The van der Waals surface area contributed by atoms with E-state index in [1.807, 2.05) is 0 Å². The fourth-order valence-corrected chi connectivity index (χ4v) is 2.09. The quantitative estimate of drug-likeness (QED) is 0.652. The van der Waals surface area contributed by atoms with E-state index in [1.54, 1.807) is 7.05 Å². The predicted molar refractivity (Wildman–Crippen MR) is 87.9 cm³/mol. The number of nitrogen functional groups attached to an aromatic ring is 1. The number of nitrogens with zero attached hydrogens (tertiary/aromatic N) is 4. The number of carbonyl (C=O) groups is 2. The van der Waals surface area contributed by atoms with Crippen LogP contribution in [0.2, 0.25) is 0 Å². The molecule has 1 aromatic carbocycles. The van der Waals surface area contributed by atoms with Crippen LogP contribution in [-0.4, -0.2) is 31.3 Å². The van der Waals surface area contributed by atoms with Crippen LogP contribution in [0.25, 0.3) is 0 Å². The highest BCUT2D eigenvalue weighted by molar-refractivity contribution is 6.03. The first-order valence-corrected chi connectivity index (χ1v) is 7.15. The van der Waals surface area contributed by atoms with E-state index < -0.39 is 17.6 Å². The van der Waals surface area contributed by atoms with Gasteiger partial charge in [-0.15, -0.1) is 5.10 Å². The van der Waals surface area contributed by atoms with Gasteiger partial charge in [-0.2, -0.15) is 4.79 Å². The van der Waals surface area contributed by atoms with Crippen LogP contribution in [0.5, 0.6) is 0 Å². The largest absolute Gasteiger partial charge is 0.382 e. The zero-order valence-electron chi connectivity index (χ0n) is 13.1. The van der Waals surface area contributed by atoms with Gasteiger partial charge < -0.3 is 15.6 Å². The Hall–Kier alpha value is -3.69. The molecular formula is C15H14FN7O2. The summed E-state index contributed by atoms with van der Waals surface area (Å²) in [6, 6.07) is 6.74. The molecule has 0 fully saturated rings. The number of halogens is 1. The van der Waals surface area contributed by atoms with Gasteiger partial charge in [0.25, 0.3) is 5.91 Å². The van der Waals surface area contributed by atoms with Gasteiger partial charge in [-0.05, 0) is 30.3 Å². The summed E-state index contributed by atoms with van der Waals surface area (Å²) < 4.78 is 14.3. The maximum Gasteiger partial charge on any atom is 0.307 e. The van der Waals surface area contributed by atoms with Gasteiger partial charge in [0.1, 0.15) is 11.6 Å². The molecule has 2 heterocycles. The molecule has 0 unspecified atom stereocenters. The SMILES string of the molecule is Cn1cc(N)nc1C(=O)Nn1ccc(C(=O)Nc2ccc(F)cc2)n1. The Bertz CT molecular complexity index is 930. The lowest BCUT2D eigenvalue weighted by atomic mass is 10.3. The van der Waals surface area contributed by atoms with Crippen molar-refractivity contribution >= 4 is 23.3 Å². The predicted octanol–water partition coefficient (Wildman–Crippen LogP) is 0.974. The molecule has 10 heteroatoms. The van der Waals surface area contributed by atoms with Gasteiger partial charge in [-0.25, -0.2) is 14.8 Å². The molecule has 0 spiro atoms. The fraction of sp³-hybridized carbons (Fsp3) is 0.0667. The third kappa shape index (κ3) is 3.63. The smallest absolute Gasteiger partial charge is 0.307 e. The number of carbonyl (C=O) groups excluding carboxylic acids is 2. The van der Waals surface area contributed by atoms with E-state index in [0.717, 1.165) is 4.79 Å². The number of rotatable bonds is 4. The van der Waals surface area contributed by atoms with Crippen LogP contribution < -0.4 is 16.5 Å². The minimum atomic E-state index is -0.534. The molecule has 0 aliphatic rings. The Labute approximate surface area is 141 Å². The Morgan fingerprint density at radius 1 is 1.16 bits per heavy atom. The number of amides is 2. The molecule has 2 amide bonds. The fourth-order valence-electron chi connectivity index (χ4n) is 2.09. The molecule has 0 saturated heterocycles. The van der Waals surface area contributed by atoms with E-state index in [1.165, 1.54) is 47.3 Å². The van der Waals surface area contributed by atoms with Crippen LogP contribution in [0.15, 0.2) is 42.7 Å². The van der Waals surface area contributed by atoms with E-state index in [4.69, 9.17) is 5.73 Å². The number of aromatic nitrogens is 4. The zero-order chi connectivity index (χ0) is 18.0. The van der Waals surface area contributed by atoms with Gasteiger partial charge >= 0.3 is 5.91 Å². The van der Waals surface area contributed by atoms with Crippen LogP contribution in [0.4, 0.5) is 15.9 Å². The number of nitrogens with two attached hydrogens (primary N) is 1. The summed E-state index contributed by atoms with van der Waals surface area (Å²) in [5.74, 6) is -1.12. The molecule has 4 N–H and O–H groups in total. The third-order valence-electron chi connectivity index (χ3n) is 3.24. The van der Waals surface area contributed by atoms with Gasteiger partial charge in [0.2, 0.25) is 5.82 Å². The zero-order valence-corrected chi connectivity index (χ0v) is 13.1. The minimum Gasteiger partial charge on any atom is -0.382 e. The van der Waals surface area contributed by atoms with Crippen LogP contribution in [0, 0.1) is 5.82 Å². The molecule has 0 aliphatic heterocycles. The standard InChI is InChI=1S/C15H14FN7O2/c1-22-8-12(17)19-13(22)15(25)21-23-7-6-11(20-23)14(24)18-10-4-2-9(16)3-5-10/h2-8H,17H2,1H3,(H,18,24)(H,21,25). The van der Waals surface area contributed by atoms with Crippen LogP contribution >= 0.6 is 0 Å². The van der Waals surface area contributed by atoms with Crippen molar-refractivity contribution < 1.29 is 14.0 Å². The number of hydrogen-bond donors (Lipinski definition) is 3. The summed E-state index contributed by atoms with van der Waals surface area (Å²) in [6.07, 6.45) is 2.91. The van der Waals surface area contributed by atoms with Crippen molar-refractivity contribution in [1.29, 1.82) is 0 Å². The van der Waals surface area contributed by atoms with Crippen molar-refractivity contribution in [2.75, 3.05) is 16.5 Å². The molecule has 0 atom stereocenters. The van der Waals surface area contributed by atoms with E-state index in [-0.39, 0.29) is 17.3 Å². The first-order chi connectivity index (χ1) is 11.9. The molecule has 0 bridgehead atoms. The van der Waals surface area contributed by atoms with Gasteiger partial charge in [0.05, 0.1) is 0 Å². The number of aryl methyl sites for hydroxylation is 1. The van der Waals surface area contributed by atoms with Crippen LogP contribution in [0.1, 0.15) is 21.1 Å². The first kappa shape index (κ1) is 16.2. The summed E-state index contributed by atoms with van der Waals surface area (Å²) in [6.45, 7) is 0. The molecular weight excluding hydrogens is 329 g/mol. The Kier molecular flexibility index (Phi) is 4.16. The summed E-state index contributed by atoms with van der Waals surface area (Å²) in [7, 11) is 1.63. The summed E-state index contributed by atoms with van der Waals surface area (Å²) in [5, 5.41) is 6.53. The topological polar surface area (TPSA) is 120 Å². The molecule has 3 rings (SSSR count). The average Bonchev–Trinajstić information content (AvgIpc) is 3.16. The lowest BCUT2D eigenvalue weighted by Gasteiger charge is -2.05. The molecule has 0 saturated carbocycles. The molecule has 0 radical (unpaired) electrons. The number of nitrogens with one attached hydrogen (secondary N) is 2. The van der Waals surface area contributed by atoms with Crippen molar-refractivity contribution in [1.82, 2.24) is 19.4 Å². The highest BCUT2D eigenvalue weighted by Gasteiger charge is 2.15. The molecule has 2 aromatic heterocycles. The van der Waals surface area contributed by atoms with Gasteiger partial charge in [0, 0.05) is 25.1 Å². The summed E-state index contributed by atoms with van der Waals surface area (Å²) in [4.78, 5) is 29.2. The maximum absolute atomic E-state index is 12.9. The average molecular weight is 343 g/mol. The second-order valence-electron chi connectivity index (χ2n) is 5.15. The van der Waals surface area contributed by atoms with E-state index >= 15 is 0 Å². The van der Waals surface area contributed by atoms with Crippen molar-refractivity contribution in [3.8, 4) is 0 Å². The number of hydrogen-bond acceptors (Lipinski definition) is 5. The Morgan fingerprint density at radius 3 is 2.52 bits per heavy atom. The molecule has 128 valence electrons. The second-order valence-corrected chi connectivity index (χ2v) is 5.15. The summed E-state index contributed by atoms with van der Waals surface area (Å²) in [5.41, 5.74) is 8.48. The van der Waals surface area contributed by atoms with E-state index in [0.29, 0.717) is 5.69 Å². The number of anilines is 2. The Morgan fingerprint density at radius 2 is 1.88 bits per heavy atom. The third-order valence-corrected chi connectivity index (χ3v) is 3.24. The maximum atomic E-state index is 12.9. The molecule has 0 aliphatic carbocycles. The molecule has 3 aromatic rings. The normalized spacial score (nSPS) is 10.5. The lowest BCUT2D eigenvalue weighted by molar-refractivity contribution is 0.0985. The van der Waals surface area contributed by atoms with Crippen molar-refractivity contribution in [2.45, 2.75) is 0 Å². The van der Waals surface area contributed by atoms with Gasteiger partial charge in [-0.1, -0.05) is 0 Å². The molecule has 9 nitrogen and oxygen atoms in total. The van der Waals surface area contributed by atoms with E-state index in [2.05, 4.69) is 20.8 Å². The van der Waals surface area contributed by atoms with Crippen molar-refractivity contribution in [3.05, 3.63) is 60.1 Å². The highest BCUT2D eigenvalue weighted by Crippen LogP contribution is 2.10. The number of benzene rings is 1. The second kappa shape index (κ2) is 6.43. The van der Waals surface area contributed by atoms with E-state index in [9.17, 15) is 14.0 Å². The monoisotopic (exact) mass is 343 g/mol. The highest BCUT2D eigenvalue weighted by atomic mass is 19.1. The van der Waals surface area contributed by atoms with Crippen LogP contribution in [-0.2, 0) is 7.05 Å². The Balaban J connectivity index is 1.67.